The summed E-state index contributed by atoms with van der Waals surface area (Å²) in [5, 5.41) is 0. The summed E-state index contributed by atoms with van der Waals surface area (Å²) >= 11 is 0. The highest BCUT2D eigenvalue weighted by molar-refractivity contribution is 5.60. The molecule has 2 aliphatic heterocycles. The number of pyridine rings is 1. The van der Waals surface area contributed by atoms with Gasteiger partial charge in [-0.1, -0.05) is 19.1 Å². The molecule has 2 atom stereocenters. The van der Waals surface area contributed by atoms with Gasteiger partial charge in [0.25, 0.3) is 5.56 Å². The van der Waals surface area contributed by atoms with Crippen LogP contribution in [0.4, 0.5) is 16.0 Å². The smallest absolute Gasteiger partial charge is 0.273 e. The van der Waals surface area contributed by atoms with Crippen LogP contribution in [0.1, 0.15) is 44.3 Å². The Hall–Kier alpha value is -3.50. The van der Waals surface area contributed by atoms with Crippen molar-refractivity contribution in [2.24, 2.45) is 5.92 Å². The number of anilines is 2. The normalized spacial score (nSPS) is 19.5. The number of hydrogen-bond acceptors (Lipinski definition) is 8. The number of morpholine rings is 1. The summed E-state index contributed by atoms with van der Waals surface area (Å²) in [6.45, 7) is 7.43. The van der Waals surface area contributed by atoms with E-state index in [4.69, 9.17) is 15.3 Å². The minimum absolute atomic E-state index is 0.207. The number of nitrogen functional groups attached to an aromatic ring is 1. The van der Waals surface area contributed by atoms with Gasteiger partial charge >= 0.3 is 0 Å². The van der Waals surface area contributed by atoms with Crippen LogP contribution in [0.15, 0.2) is 53.6 Å². The highest BCUT2D eigenvalue weighted by atomic mass is 19.1. The third kappa shape index (κ3) is 6.39. The van der Waals surface area contributed by atoms with E-state index in [1.54, 1.807) is 0 Å². The van der Waals surface area contributed by atoms with Crippen LogP contribution < -0.4 is 21.2 Å². The van der Waals surface area contributed by atoms with E-state index in [-0.39, 0.29) is 23.3 Å². The van der Waals surface area contributed by atoms with Crippen molar-refractivity contribution in [3.05, 3.63) is 70.5 Å². The number of rotatable bonds is 10. The van der Waals surface area contributed by atoms with Crippen molar-refractivity contribution in [1.29, 1.82) is 0 Å². The molecule has 9 nitrogen and oxygen atoms in total. The number of ether oxygens (including phenoxy) is 2. The Morgan fingerprint density at radius 1 is 1.13 bits per heavy atom. The molecule has 5 rings (SSSR count). The van der Waals surface area contributed by atoms with Crippen LogP contribution in [0.5, 0.6) is 0 Å². The monoisotopic (exact) mass is 536 g/mol. The highest BCUT2D eigenvalue weighted by Crippen LogP contribution is 2.30. The largest absolute Gasteiger partial charge is 0.381 e. The van der Waals surface area contributed by atoms with Crippen molar-refractivity contribution in [2.75, 3.05) is 61.6 Å². The van der Waals surface area contributed by atoms with E-state index in [1.807, 2.05) is 4.90 Å². The van der Waals surface area contributed by atoms with E-state index in [0.717, 1.165) is 55.6 Å². The van der Waals surface area contributed by atoms with Gasteiger partial charge in [-0.3, -0.25) is 9.78 Å². The first-order valence-electron chi connectivity index (χ1n) is 13.8. The second-order valence-corrected chi connectivity index (χ2v) is 10.3. The van der Waals surface area contributed by atoms with E-state index in [9.17, 15) is 9.18 Å². The first kappa shape index (κ1) is 27.1. The summed E-state index contributed by atoms with van der Waals surface area (Å²) in [7, 11) is 0. The molecule has 3 aromatic rings. The van der Waals surface area contributed by atoms with Crippen LogP contribution in [0.25, 0.3) is 11.3 Å². The van der Waals surface area contributed by atoms with Crippen molar-refractivity contribution < 1.29 is 13.9 Å². The third-order valence-electron chi connectivity index (χ3n) is 7.50. The van der Waals surface area contributed by atoms with Crippen molar-refractivity contribution in [3.8, 4) is 11.3 Å². The molecule has 0 spiro atoms. The minimum atomic E-state index is -0.546. The van der Waals surface area contributed by atoms with Gasteiger partial charge in [-0.2, -0.15) is 4.68 Å². The number of aromatic nitrogens is 3. The van der Waals surface area contributed by atoms with Gasteiger partial charge in [-0.25, -0.2) is 9.37 Å². The average molecular weight is 537 g/mol. The lowest BCUT2D eigenvalue weighted by molar-refractivity contribution is 0.0390. The van der Waals surface area contributed by atoms with Crippen LogP contribution in [0.2, 0.25) is 0 Å². The lowest BCUT2D eigenvalue weighted by atomic mass is 10.0. The molecule has 2 aliphatic rings. The van der Waals surface area contributed by atoms with Gasteiger partial charge in [-0.15, -0.1) is 0 Å². The maximum atomic E-state index is 14.3. The fourth-order valence-corrected chi connectivity index (χ4v) is 5.38. The van der Waals surface area contributed by atoms with Gasteiger partial charge in [0.1, 0.15) is 6.10 Å². The second kappa shape index (κ2) is 12.6. The predicted molar refractivity (Wildman–Crippen MR) is 150 cm³/mol. The number of hydrogen-bond donors (Lipinski definition) is 1. The molecular formula is C29H37FN6O3. The number of benzene rings is 1. The Morgan fingerprint density at radius 3 is 2.77 bits per heavy atom. The molecule has 2 N–H and O–H groups in total. The molecule has 208 valence electrons. The van der Waals surface area contributed by atoms with E-state index in [1.165, 1.54) is 36.9 Å². The van der Waals surface area contributed by atoms with Gasteiger partial charge in [0.05, 0.1) is 25.0 Å². The quantitative estimate of drug-likeness (QED) is 0.309. The Kier molecular flexibility index (Phi) is 8.73. The minimum Gasteiger partial charge on any atom is -0.381 e. The number of halogens is 1. The molecule has 39 heavy (non-hydrogen) atoms. The molecule has 0 bridgehead atoms. The molecule has 10 heteroatoms. The Labute approximate surface area is 228 Å². The van der Waals surface area contributed by atoms with E-state index < -0.39 is 11.4 Å². The molecule has 2 aromatic heterocycles. The summed E-state index contributed by atoms with van der Waals surface area (Å²) in [6.07, 6.45) is 6.98. The lowest BCUT2D eigenvalue weighted by Gasteiger charge is -2.34. The summed E-state index contributed by atoms with van der Waals surface area (Å²) in [5.41, 5.74) is 2.24. The van der Waals surface area contributed by atoms with Crippen molar-refractivity contribution in [1.82, 2.24) is 14.6 Å². The summed E-state index contributed by atoms with van der Waals surface area (Å²) < 4.78 is 27.1. The molecule has 2 saturated heterocycles. The van der Waals surface area contributed by atoms with Crippen LogP contribution >= 0.6 is 0 Å². The molecule has 1 aromatic carbocycles. The summed E-state index contributed by atoms with van der Waals surface area (Å²) in [5.74, 6) is 6.52. The average Bonchev–Trinajstić information content (AvgIpc) is 3.44. The Balaban J connectivity index is 1.23. The first-order chi connectivity index (χ1) is 19.0. The van der Waals surface area contributed by atoms with Gasteiger partial charge in [-0.05, 0) is 55.4 Å². The zero-order valence-corrected chi connectivity index (χ0v) is 22.5. The maximum Gasteiger partial charge on any atom is 0.273 e. The Bertz CT molecular complexity index is 1300. The topological polar surface area (TPSA) is 98.7 Å². The zero-order valence-electron chi connectivity index (χ0n) is 22.5. The fraction of sp³-hybridized carbons (Fsp3) is 0.483. The Morgan fingerprint density at radius 2 is 1.97 bits per heavy atom. The molecule has 2 fully saturated rings. The van der Waals surface area contributed by atoms with Gasteiger partial charge in [0.2, 0.25) is 5.95 Å². The second-order valence-electron chi connectivity index (χ2n) is 10.3. The SMILES string of the molecule is CCCOCCCC1CCN(c2ccc([C@H]3CN(c4nc(-c5ccncc5F)cc(=O)n4N)CCO3)cc2)C1. The van der Waals surface area contributed by atoms with Crippen LogP contribution in [0.3, 0.4) is 0 Å². The number of nitrogens with two attached hydrogens (primary N) is 1. The van der Waals surface area contributed by atoms with Gasteiger partial charge in [0, 0.05) is 56.4 Å². The molecular weight excluding hydrogens is 499 g/mol. The molecule has 1 unspecified atom stereocenters. The maximum absolute atomic E-state index is 14.3. The highest BCUT2D eigenvalue weighted by Gasteiger charge is 2.27. The predicted octanol–water partition coefficient (Wildman–Crippen LogP) is 3.77. The molecule has 0 aliphatic carbocycles. The van der Waals surface area contributed by atoms with Crippen LogP contribution in [-0.4, -0.2) is 60.6 Å². The molecule has 0 saturated carbocycles. The van der Waals surface area contributed by atoms with Crippen LogP contribution in [0, 0.1) is 11.7 Å². The van der Waals surface area contributed by atoms with E-state index in [2.05, 4.69) is 46.1 Å². The molecule has 0 radical (unpaired) electrons. The third-order valence-corrected chi connectivity index (χ3v) is 7.50. The summed E-state index contributed by atoms with van der Waals surface area (Å²) in [4.78, 5) is 25.3. The standard InChI is InChI=1S/C29H37FN6O3/c1-2-14-38-15-3-4-21-10-12-34(19-21)23-7-5-22(6-8-23)27-20-35(13-16-39-27)29-33-26(17-28(37)36(29)31)24-9-11-32-18-25(24)30/h5-9,11,17-18,21,27H,2-4,10,12-16,19-20,31H2,1H3/t21?,27-/m1/s1. The number of nitrogens with zero attached hydrogens (tertiary/aromatic N) is 5. The van der Waals surface area contributed by atoms with E-state index >= 15 is 0 Å². The lowest BCUT2D eigenvalue weighted by Crippen LogP contribution is -2.43. The fourth-order valence-electron chi connectivity index (χ4n) is 5.38. The zero-order chi connectivity index (χ0) is 27.2. The van der Waals surface area contributed by atoms with Crippen molar-refractivity contribution >= 4 is 11.6 Å². The van der Waals surface area contributed by atoms with E-state index in [0.29, 0.717) is 25.6 Å². The van der Waals surface area contributed by atoms with Crippen LogP contribution in [-0.2, 0) is 9.47 Å². The molecule has 4 heterocycles. The van der Waals surface area contributed by atoms with Gasteiger partial charge < -0.3 is 25.1 Å². The first-order valence-corrected chi connectivity index (χ1v) is 13.8. The van der Waals surface area contributed by atoms with Crippen molar-refractivity contribution in [3.63, 3.8) is 0 Å². The van der Waals surface area contributed by atoms with Gasteiger partial charge in [0.15, 0.2) is 5.82 Å². The van der Waals surface area contributed by atoms with Crippen molar-refractivity contribution in [2.45, 2.75) is 38.7 Å². The molecule has 0 amide bonds. The summed E-state index contributed by atoms with van der Waals surface area (Å²) in [6, 6.07) is 11.3.